The highest BCUT2D eigenvalue weighted by Crippen LogP contribution is 2.44. The van der Waals surface area contributed by atoms with Crippen LogP contribution < -0.4 is 29.1 Å². The van der Waals surface area contributed by atoms with Gasteiger partial charge in [0.15, 0.2) is 17.2 Å². The van der Waals surface area contributed by atoms with E-state index in [1.54, 1.807) is 12.1 Å². The van der Waals surface area contributed by atoms with Crippen LogP contribution in [0.25, 0.3) is 33.4 Å². The largest absolute Gasteiger partial charge is 0.507 e. The SMILES string of the molecule is COc1cc(O)c2c(=O)c(-c3cc(OC)c(OC)c(OC)c3)c(-c3ccc(OC)c([N+](=O)[O-])c3)oc2c1. The molecular formula is C26H23NO10. The number of ether oxygens (including phenoxy) is 5. The molecule has 4 rings (SSSR count). The van der Waals surface area contributed by atoms with E-state index in [-0.39, 0.29) is 62.3 Å². The molecule has 0 saturated heterocycles. The molecule has 1 N–H and O–H groups in total. The van der Waals surface area contributed by atoms with Crippen LogP contribution in [-0.4, -0.2) is 45.6 Å². The fourth-order valence-corrected chi connectivity index (χ4v) is 4.06. The molecule has 1 heterocycles. The summed E-state index contributed by atoms with van der Waals surface area (Å²) in [6, 6.07) is 9.98. The van der Waals surface area contributed by atoms with Crippen LogP contribution in [0.3, 0.4) is 0 Å². The second kappa shape index (κ2) is 9.97. The Bertz CT molecular complexity index is 1550. The molecule has 0 radical (unpaired) electrons. The summed E-state index contributed by atoms with van der Waals surface area (Å²) in [5.41, 5.74) is -0.374. The molecule has 0 fully saturated rings. The van der Waals surface area contributed by atoms with Gasteiger partial charge in [-0.3, -0.25) is 14.9 Å². The van der Waals surface area contributed by atoms with E-state index in [1.807, 2.05) is 0 Å². The molecule has 0 aliphatic carbocycles. The Balaban J connectivity index is 2.16. The third-order valence-corrected chi connectivity index (χ3v) is 5.77. The van der Waals surface area contributed by atoms with Crippen LogP contribution in [-0.2, 0) is 0 Å². The fraction of sp³-hybridized carbons (Fsp3) is 0.192. The lowest BCUT2D eigenvalue weighted by molar-refractivity contribution is -0.385. The molecule has 0 spiro atoms. The van der Waals surface area contributed by atoms with Gasteiger partial charge in [-0.15, -0.1) is 0 Å². The van der Waals surface area contributed by atoms with E-state index in [2.05, 4.69) is 0 Å². The minimum atomic E-state index is -0.602. The van der Waals surface area contributed by atoms with E-state index < -0.39 is 10.4 Å². The van der Waals surface area contributed by atoms with Gasteiger partial charge in [-0.1, -0.05) is 0 Å². The summed E-state index contributed by atoms with van der Waals surface area (Å²) in [4.78, 5) is 25.0. The summed E-state index contributed by atoms with van der Waals surface area (Å²) in [7, 11) is 7.01. The fourth-order valence-electron chi connectivity index (χ4n) is 4.06. The molecule has 1 aromatic heterocycles. The van der Waals surface area contributed by atoms with Gasteiger partial charge >= 0.3 is 5.69 Å². The van der Waals surface area contributed by atoms with Gasteiger partial charge < -0.3 is 33.2 Å². The van der Waals surface area contributed by atoms with Gasteiger partial charge in [-0.25, -0.2) is 0 Å². The van der Waals surface area contributed by atoms with Crippen LogP contribution in [0.4, 0.5) is 5.69 Å². The van der Waals surface area contributed by atoms with Gasteiger partial charge in [0.2, 0.25) is 11.2 Å². The number of rotatable bonds is 8. The smallest absolute Gasteiger partial charge is 0.311 e. The zero-order valence-electron chi connectivity index (χ0n) is 20.6. The number of aromatic hydroxyl groups is 1. The molecule has 3 aromatic carbocycles. The van der Waals surface area contributed by atoms with Crippen molar-refractivity contribution in [2.24, 2.45) is 0 Å². The average molecular weight is 509 g/mol. The van der Waals surface area contributed by atoms with Crippen LogP contribution >= 0.6 is 0 Å². The first-order valence-electron chi connectivity index (χ1n) is 10.8. The number of phenols is 1. The van der Waals surface area contributed by atoms with E-state index in [1.165, 1.54) is 65.9 Å². The molecule has 0 aliphatic rings. The summed E-state index contributed by atoms with van der Waals surface area (Å²) in [6.45, 7) is 0. The summed E-state index contributed by atoms with van der Waals surface area (Å²) in [5, 5.41) is 22.3. The molecule has 0 atom stereocenters. The van der Waals surface area contributed by atoms with Gasteiger partial charge in [0, 0.05) is 23.8 Å². The number of hydrogen-bond donors (Lipinski definition) is 1. The Morgan fingerprint density at radius 1 is 0.811 bits per heavy atom. The maximum Gasteiger partial charge on any atom is 0.311 e. The van der Waals surface area contributed by atoms with Crippen LogP contribution in [0, 0.1) is 10.1 Å². The molecule has 37 heavy (non-hydrogen) atoms. The molecule has 0 bridgehead atoms. The van der Waals surface area contributed by atoms with Crippen molar-refractivity contribution in [1.82, 2.24) is 0 Å². The van der Waals surface area contributed by atoms with Crippen molar-refractivity contribution < 1.29 is 38.1 Å². The zero-order chi connectivity index (χ0) is 26.9. The predicted octanol–water partition coefficient (Wildman–Crippen LogP) is 4.78. The van der Waals surface area contributed by atoms with Crippen LogP contribution in [0.5, 0.6) is 34.5 Å². The summed E-state index contributed by atoms with van der Waals surface area (Å²) < 4.78 is 32.7. The Labute approximate surface area is 210 Å². The lowest BCUT2D eigenvalue weighted by Gasteiger charge is -2.16. The Morgan fingerprint density at radius 2 is 1.46 bits per heavy atom. The second-order valence-corrected chi connectivity index (χ2v) is 7.71. The van der Waals surface area contributed by atoms with Gasteiger partial charge in [0.1, 0.15) is 28.2 Å². The molecule has 11 nitrogen and oxygen atoms in total. The molecule has 4 aromatic rings. The van der Waals surface area contributed by atoms with Gasteiger partial charge in [0.05, 0.1) is 46.0 Å². The van der Waals surface area contributed by atoms with E-state index in [4.69, 9.17) is 28.1 Å². The van der Waals surface area contributed by atoms with Crippen molar-refractivity contribution in [2.45, 2.75) is 0 Å². The second-order valence-electron chi connectivity index (χ2n) is 7.71. The number of nitro groups is 1. The van der Waals surface area contributed by atoms with E-state index in [0.717, 1.165) is 0 Å². The van der Waals surface area contributed by atoms with Crippen LogP contribution in [0.2, 0.25) is 0 Å². The summed E-state index contributed by atoms with van der Waals surface area (Å²) >= 11 is 0. The van der Waals surface area contributed by atoms with Crippen LogP contribution in [0.15, 0.2) is 51.7 Å². The molecule has 0 aliphatic heterocycles. The van der Waals surface area contributed by atoms with Crippen molar-refractivity contribution >= 4 is 16.7 Å². The van der Waals surface area contributed by atoms with Crippen molar-refractivity contribution in [3.05, 3.63) is 62.8 Å². The number of nitro benzene ring substituents is 1. The minimum absolute atomic E-state index is 0.00480. The maximum absolute atomic E-state index is 13.9. The van der Waals surface area contributed by atoms with E-state index >= 15 is 0 Å². The quantitative estimate of drug-likeness (QED) is 0.261. The average Bonchev–Trinajstić information content (AvgIpc) is 2.91. The van der Waals surface area contributed by atoms with Gasteiger partial charge in [-0.2, -0.15) is 0 Å². The van der Waals surface area contributed by atoms with Gasteiger partial charge in [0.25, 0.3) is 0 Å². The Morgan fingerprint density at radius 3 is 2.00 bits per heavy atom. The van der Waals surface area contributed by atoms with E-state index in [9.17, 15) is 20.0 Å². The topological polar surface area (TPSA) is 140 Å². The van der Waals surface area contributed by atoms with Crippen molar-refractivity contribution in [2.75, 3.05) is 35.5 Å². The lowest BCUT2D eigenvalue weighted by Crippen LogP contribution is -2.09. The summed E-state index contributed by atoms with van der Waals surface area (Å²) in [5.74, 6) is 0.761. The number of phenolic OH excluding ortho intramolecular Hbond substituents is 1. The number of benzene rings is 3. The standard InChI is InChI=1S/C26H23NO10/c1-32-15-11-17(28)23-19(12-15)37-25(13-6-7-18(33-2)16(8-13)27(30)31)22(24(23)29)14-9-20(34-3)26(36-5)21(10-14)35-4/h6-12,28H,1-5H3. The first kappa shape index (κ1) is 25.2. The lowest BCUT2D eigenvalue weighted by atomic mass is 9.97. The first-order chi connectivity index (χ1) is 17.8. The van der Waals surface area contributed by atoms with Crippen molar-refractivity contribution in [3.8, 4) is 56.9 Å². The monoisotopic (exact) mass is 509 g/mol. The highest BCUT2D eigenvalue weighted by Gasteiger charge is 2.26. The third-order valence-electron chi connectivity index (χ3n) is 5.77. The number of methoxy groups -OCH3 is 5. The Kier molecular flexibility index (Phi) is 6.79. The van der Waals surface area contributed by atoms with E-state index in [0.29, 0.717) is 11.3 Å². The zero-order valence-corrected chi connectivity index (χ0v) is 20.6. The number of nitrogens with zero attached hydrogens (tertiary/aromatic N) is 1. The highest BCUT2D eigenvalue weighted by atomic mass is 16.6. The molecule has 11 heteroatoms. The molecule has 0 saturated carbocycles. The van der Waals surface area contributed by atoms with Crippen molar-refractivity contribution in [3.63, 3.8) is 0 Å². The Hall–Kier alpha value is -4.93. The number of hydrogen-bond acceptors (Lipinski definition) is 10. The molecular weight excluding hydrogens is 486 g/mol. The predicted molar refractivity (Wildman–Crippen MR) is 134 cm³/mol. The summed E-state index contributed by atoms with van der Waals surface area (Å²) in [6.07, 6.45) is 0. The van der Waals surface area contributed by atoms with Crippen molar-refractivity contribution in [1.29, 1.82) is 0 Å². The number of fused-ring (bicyclic) bond motifs is 1. The molecule has 0 amide bonds. The molecule has 0 unspecified atom stereocenters. The minimum Gasteiger partial charge on any atom is -0.507 e. The van der Waals surface area contributed by atoms with Gasteiger partial charge in [-0.05, 0) is 29.8 Å². The highest BCUT2D eigenvalue weighted by molar-refractivity contribution is 5.94. The molecule has 192 valence electrons. The normalized spacial score (nSPS) is 10.7. The maximum atomic E-state index is 13.9. The first-order valence-corrected chi connectivity index (χ1v) is 10.8. The van der Waals surface area contributed by atoms with Crippen LogP contribution in [0.1, 0.15) is 0 Å². The third kappa shape index (κ3) is 4.31.